The van der Waals surface area contributed by atoms with Gasteiger partial charge >= 0.3 is 11.9 Å². The van der Waals surface area contributed by atoms with Crippen molar-refractivity contribution in [2.24, 2.45) is 5.92 Å². The summed E-state index contributed by atoms with van der Waals surface area (Å²) in [7, 11) is 0. The van der Waals surface area contributed by atoms with Gasteiger partial charge in [-0.1, -0.05) is 0 Å². The van der Waals surface area contributed by atoms with Crippen molar-refractivity contribution in [3.05, 3.63) is 0 Å². The highest BCUT2D eigenvalue weighted by Gasteiger charge is 2.35. The van der Waals surface area contributed by atoms with Crippen LogP contribution in [0.2, 0.25) is 0 Å². The quantitative estimate of drug-likeness (QED) is 0.495. The smallest absolute Gasteiger partial charge is 0.311 e. The molecular formula is C17H30N2O4. The molecule has 0 amide bonds. The summed E-state index contributed by atoms with van der Waals surface area (Å²) in [6.07, 6.45) is 1.92. The number of nitrogens with zero attached hydrogens (tertiary/aromatic N) is 2. The molecule has 1 atom stereocenters. The molecule has 0 spiro atoms. The van der Waals surface area contributed by atoms with Crippen LogP contribution in [0.5, 0.6) is 0 Å². The highest BCUT2D eigenvalue weighted by Crippen LogP contribution is 2.20. The third kappa shape index (κ3) is 5.18. The zero-order valence-electron chi connectivity index (χ0n) is 14.8. The zero-order chi connectivity index (χ0) is 17.0. The third-order valence-corrected chi connectivity index (χ3v) is 4.82. The van der Waals surface area contributed by atoms with Gasteiger partial charge in [0.05, 0.1) is 12.5 Å². The SMILES string of the molecule is CC(=O)OC1CN(C(C)CCCOC(=O)C2CN(C(C)C)C2)C1. The van der Waals surface area contributed by atoms with E-state index in [2.05, 4.69) is 30.6 Å². The molecule has 0 aromatic carbocycles. The molecule has 0 saturated carbocycles. The first-order valence-corrected chi connectivity index (χ1v) is 8.68. The van der Waals surface area contributed by atoms with Crippen LogP contribution in [0.1, 0.15) is 40.5 Å². The Morgan fingerprint density at radius 1 is 1.09 bits per heavy atom. The lowest BCUT2D eigenvalue weighted by Gasteiger charge is -2.42. The minimum atomic E-state index is -0.207. The van der Waals surface area contributed by atoms with E-state index in [1.807, 2.05) is 0 Å². The molecule has 1 unspecified atom stereocenters. The van der Waals surface area contributed by atoms with E-state index < -0.39 is 0 Å². The zero-order valence-corrected chi connectivity index (χ0v) is 14.8. The van der Waals surface area contributed by atoms with Gasteiger partial charge < -0.3 is 9.47 Å². The average Bonchev–Trinajstić information content (AvgIpc) is 2.35. The topological polar surface area (TPSA) is 59.1 Å². The Balaban J connectivity index is 1.49. The van der Waals surface area contributed by atoms with Crippen molar-refractivity contribution in [1.29, 1.82) is 0 Å². The second-order valence-electron chi connectivity index (χ2n) is 7.09. The van der Waals surface area contributed by atoms with Crippen LogP contribution in [0.3, 0.4) is 0 Å². The van der Waals surface area contributed by atoms with Crippen LogP contribution in [0.4, 0.5) is 0 Å². The van der Waals surface area contributed by atoms with Crippen molar-refractivity contribution in [3.8, 4) is 0 Å². The minimum Gasteiger partial charge on any atom is -0.465 e. The summed E-state index contributed by atoms with van der Waals surface area (Å²) in [6.45, 7) is 11.7. The molecule has 2 heterocycles. The number of likely N-dealkylation sites (tertiary alicyclic amines) is 2. The Kier molecular flexibility index (Phi) is 6.41. The number of esters is 2. The third-order valence-electron chi connectivity index (χ3n) is 4.82. The van der Waals surface area contributed by atoms with Gasteiger partial charge in [0.1, 0.15) is 6.10 Å². The molecule has 0 aromatic heterocycles. The van der Waals surface area contributed by atoms with Crippen molar-refractivity contribution in [2.75, 3.05) is 32.8 Å². The monoisotopic (exact) mass is 326 g/mol. The van der Waals surface area contributed by atoms with E-state index in [0.717, 1.165) is 39.0 Å². The number of rotatable bonds is 8. The van der Waals surface area contributed by atoms with E-state index >= 15 is 0 Å². The van der Waals surface area contributed by atoms with Gasteiger partial charge in [-0.15, -0.1) is 0 Å². The number of hydrogen-bond donors (Lipinski definition) is 0. The molecule has 0 aromatic rings. The van der Waals surface area contributed by atoms with Crippen LogP contribution in [0.15, 0.2) is 0 Å². The Bertz CT molecular complexity index is 415. The van der Waals surface area contributed by atoms with Crippen LogP contribution in [0.25, 0.3) is 0 Å². The van der Waals surface area contributed by atoms with Gasteiger partial charge in [-0.3, -0.25) is 19.4 Å². The maximum Gasteiger partial charge on any atom is 0.311 e. The first-order chi connectivity index (χ1) is 10.9. The van der Waals surface area contributed by atoms with Gasteiger partial charge in [0.15, 0.2) is 0 Å². The first kappa shape index (κ1) is 18.2. The fourth-order valence-corrected chi connectivity index (χ4v) is 3.07. The molecule has 6 heteroatoms. The van der Waals surface area contributed by atoms with Crippen LogP contribution in [-0.2, 0) is 19.1 Å². The summed E-state index contributed by atoms with van der Waals surface area (Å²) in [5.74, 6) is -0.190. The predicted molar refractivity (Wildman–Crippen MR) is 87.0 cm³/mol. The molecule has 2 saturated heterocycles. The second kappa shape index (κ2) is 8.11. The highest BCUT2D eigenvalue weighted by molar-refractivity contribution is 5.74. The van der Waals surface area contributed by atoms with Crippen molar-refractivity contribution in [3.63, 3.8) is 0 Å². The summed E-state index contributed by atoms with van der Waals surface area (Å²) in [4.78, 5) is 27.3. The minimum absolute atomic E-state index is 0.0478. The lowest BCUT2D eigenvalue weighted by atomic mass is 9.98. The van der Waals surface area contributed by atoms with E-state index in [4.69, 9.17) is 9.47 Å². The van der Waals surface area contributed by atoms with Gasteiger partial charge in [0.2, 0.25) is 0 Å². The lowest BCUT2D eigenvalue weighted by molar-refractivity contribution is -0.156. The Hall–Kier alpha value is -1.14. The van der Waals surface area contributed by atoms with Crippen LogP contribution < -0.4 is 0 Å². The fraction of sp³-hybridized carbons (Fsp3) is 0.882. The standard InChI is InChI=1S/C17H30N2O4/c1-12(2)18-8-15(9-18)17(21)22-7-5-6-13(3)19-10-16(11-19)23-14(4)20/h12-13,15-16H,5-11H2,1-4H3. The molecule has 2 aliphatic rings. The summed E-state index contributed by atoms with van der Waals surface area (Å²) >= 11 is 0. The van der Waals surface area contributed by atoms with Crippen LogP contribution in [-0.4, -0.2) is 72.7 Å². The van der Waals surface area contributed by atoms with Crippen molar-refractivity contribution >= 4 is 11.9 Å². The maximum absolute atomic E-state index is 11.9. The second-order valence-corrected chi connectivity index (χ2v) is 7.09. The normalized spacial score (nSPS) is 21.6. The number of hydrogen-bond acceptors (Lipinski definition) is 6. The number of carbonyl (C=O) groups is 2. The molecule has 0 aliphatic carbocycles. The van der Waals surface area contributed by atoms with E-state index in [1.165, 1.54) is 6.92 Å². The molecule has 2 rings (SSSR count). The van der Waals surface area contributed by atoms with Crippen molar-refractivity contribution in [2.45, 2.75) is 58.7 Å². The number of ether oxygens (including phenoxy) is 2. The van der Waals surface area contributed by atoms with E-state index in [0.29, 0.717) is 18.7 Å². The van der Waals surface area contributed by atoms with Gasteiger partial charge in [0, 0.05) is 45.2 Å². The highest BCUT2D eigenvalue weighted by atomic mass is 16.5. The van der Waals surface area contributed by atoms with Gasteiger partial charge in [0.25, 0.3) is 0 Å². The number of carbonyl (C=O) groups excluding carboxylic acids is 2. The average molecular weight is 326 g/mol. The molecule has 0 radical (unpaired) electrons. The molecule has 2 aliphatic heterocycles. The summed E-state index contributed by atoms with van der Waals surface area (Å²) in [5, 5.41) is 0. The van der Waals surface area contributed by atoms with E-state index in [-0.39, 0.29) is 24.0 Å². The molecule has 6 nitrogen and oxygen atoms in total. The molecule has 0 N–H and O–H groups in total. The van der Waals surface area contributed by atoms with E-state index in [1.54, 1.807) is 0 Å². The first-order valence-electron chi connectivity index (χ1n) is 8.68. The maximum atomic E-state index is 11.9. The predicted octanol–water partition coefficient (Wildman–Crippen LogP) is 1.29. The summed E-state index contributed by atoms with van der Waals surface area (Å²) < 4.78 is 10.5. The van der Waals surface area contributed by atoms with E-state index in [9.17, 15) is 9.59 Å². The van der Waals surface area contributed by atoms with Crippen molar-refractivity contribution in [1.82, 2.24) is 9.80 Å². The summed E-state index contributed by atoms with van der Waals surface area (Å²) in [6, 6.07) is 0.938. The van der Waals surface area contributed by atoms with Crippen LogP contribution >= 0.6 is 0 Å². The largest absolute Gasteiger partial charge is 0.465 e. The fourth-order valence-electron chi connectivity index (χ4n) is 3.07. The van der Waals surface area contributed by atoms with Gasteiger partial charge in [-0.05, 0) is 33.6 Å². The Labute approximate surface area is 139 Å². The van der Waals surface area contributed by atoms with Crippen molar-refractivity contribution < 1.29 is 19.1 Å². The molecule has 0 bridgehead atoms. The van der Waals surface area contributed by atoms with Gasteiger partial charge in [-0.25, -0.2) is 0 Å². The van der Waals surface area contributed by atoms with Gasteiger partial charge in [-0.2, -0.15) is 0 Å². The molecule has 132 valence electrons. The molecular weight excluding hydrogens is 296 g/mol. The summed E-state index contributed by atoms with van der Waals surface area (Å²) in [5.41, 5.74) is 0. The van der Waals surface area contributed by atoms with Crippen LogP contribution in [0, 0.1) is 5.92 Å². The lowest BCUT2D eigenvalue weighted by Crippen LogP contribution is -2.56. The molecule has 2 fully saturated rings. The Morgan fingerprint density at radius 3 is 2.30 bits per heavy atom. The Morgan fingerprint density at radius 2 is 1.74 bits per heavy atom. The molecule has 23 heavy (non-hydrogen) atoms.